The van der Waals surface area contributed by atoms with Gasteiger partial charge >= 0.3 is 6.18 Å². The van der Waals surface area contributed by atoms with Crippen molar-refractivity contribution in [1.82, 2.24) is 20.3 Å². The number of halogens is 3. The summed E-state index contributed by atoms with van der Waals surface area (Å²) in [6.45, 7) is 3.17. The summed E-state index contributed by atoms with van der Waals surface area (Å²) in [5.41, 5.74) is 2.84. The molecule has 0 aliphatic carbocycles. The van der Waals surface area contributed by atoms with Gasteiger partial charge in [0.25, 0.3) is 5.91 Å². The molecule has 0 fully saturated rings. The van der Waals surface area contributed by atoms with Gasteiger partial charge < -0.3 is 10.6 Å². The molecule has 2 aromatic carbocycles. The van der Waals surface area contributed by atoms with E-state index in [1.54, 1.807) is 6.92 Å². The van der Waals surface area contributed by atoms with Crippen molar-refractivity contribution in [2.75, 3.05) is 11.9 Å². The fraction of sp³-hybridized carbons (Fsp3) is 0.286. The summed E-state index contributed by atoms with van der Waals surface area (Å²) in [6, 6.07) is 11.0. The zero-order valence-corrected chi connectivity index (χ0v) is 16.3. The molecule has 2 heterocycles. The van der Waals surface area contributed by atoms with E-state index >= 15 is 0 Å². The van der Waals surface area contributed by atoms with Crippen LogP contribution in [-0.4, -0.2) is 27.4 Å². The zero-order chi connectivity index (χ0) is 21.3. The minimum Gasteiger partial charge on any atom is -0.321 e. The average Bonchev–Trinajstić information content (AvgIpc) is 3.08. The molecule has 30 heavy (non-hydrogen) atoms. The Morgan fingerprint density at radius 3 is 2.80 bits per heavy atom. The fourth-order valence-corrected chi connectivity index (χ4v) is 3.56. The Hall–Kier alpha value is -3.20. The van der Waals surface area contributed by atoms with Gasteiger partial charge in [-0.3, -0.25) is 4.79 Å². The van der Waals surface area contributed by atoms with E-state index in [-0.39, 0.29) is 17.8 Å². The normalized spacial score (nSPS) is 13.7. The van der Waals surface area contributed by atoms with Gasteiger partial charge in [-0.25, -0.2) is 4.68 Å². The second kappa shape index (κ2) is 7.91. The van der Waals surface area contributed by atoms with Gasteiger partial charge in [-0.15, -0.1) is 5.10 Å². The fourth-order valence-electron chi connectivity index (χ4n) is 3.56. The molecule has 0 saturated carbocycles. The Morgan fingerprint density at radius 1 is 1.20 bits per heavy atom. The molecule has 6 nitrogen and oxygen atoms in total. The number of alkyl halides is 3. The molecule has 0 bridgehead atoms. The first-order valence-corrected chi connectivity index (χ1v) is 9.52. The summed E-state index contributed by atoms with van der Waals surface area (Å²) in [5.74, 6) is -0.447. The second-order valence-corrected chi connectivity index (χ2v) is 7.20. The molecule has 9 heteroatoms. The molecule has 0 spiro atoms. The number of carbonyl (C=O) groups excluding carboxylic acids is 1. The van der Waals surface area contributed by atoms with Crippen LogP contribution in [0, 0.1) is 6.92 Å². The molecule has 156 valence electrons. The van der Waals surface area contributed by atoms with Crippen LogP contribution in [0.5, 0.6) is 0 Å². The first-order chi connectivity index (χ1) is 14.3. The van der Waals surface area contributed by atoms with Crippen molar-refractivity contribution < 1.29 is 18.0 Å². The van der Waals surface area contributed by atoms with Gasteiger partial charge in [0.05, 0.1) is 17.8 Å². The topological polar surface area (TPSA) is 71.8 Å². The van der Waals surface area contributed by atoms with Crippen molar-refractivity contribution in [3.63, 3.8) is 0 Å². The van der Waals surface area contributed by atoms with Crippen molar-refractivity contribution in [3.05, 3.63) is 76.1 Å². The molecular weight excluding hydrogens is 395 g/mol. The minimum absolute atomic E-state index is 0.0632. The lowest BCUT2D eigenvalue weighted by Crippen LogP contribution is -2.23. The number of anilines is 1. The highest BCUT2D eigenvalue weighted by molar-refractivity contribution is 6.03. The van der Waals surface area contributed by atoms with Crippen LogP contribution < -0.4 is 10.6 Å². The highest BCUT2D eigenvalue weighted by Gasteiger charge is 2.33. The van der Waals surface area contributed by atoms with E-state index in [1.807, 2.05) is 18.2 Å². The quantitative estimate of drug-likeness (QED) is 0.684. The first kappa shape index (κ1) is 20.1. The van der Waals surface area contributed by atoms with E-state index in [0.29, 0.717) is 11.4 Å². The summed E-state index contributed by atoms with van der Waals surface area (Å²) in [6.07, 6.45) is -3.58. The highest BCUT2D eigenvalue weighted by Crippen LogP contribution is 2.32. The number of carbonyl (C=O) groups is 1. The maximum Gasteiger partial charge on any atom is 0.416 e. The smallest absolute Gasteiger partial charge is 0.321 e. The van der Waals surface area contributed by atoms with Gasteiger partial charge in [0.1, 0.15) is 0 Å². The van der Waals surface area contributed by atoms with E-state index in [4.69, 9.17) is 0 Å². The summed E-state index contributed by atoms with van der Waals surface area (Å²) in [4.78, 5) is 12.7. The van der Waals surface area contributed by atoms with Gasteiger partial charge in [-0.1, -0.05) is 29.5 Å². The van der Waals surface area contributed by atoms with Gasteiger partial charge in [-0.05, 0) is 54.8 Å². The summed E-state index contributed by atoms with van der Waals surface area (Å²) < 4.78 is 41.0. The predicted octanol–water partition coefficient (Wildman–Crippen LogP) is 3.55. The van der Waals surface area contributed by atoms with Crippen molar-refractivity contribution in [3.8, 4) is 0 Å². The van der Waals surface area contributed by atoms with Crippen LogP contribution in [0.2, 0.25) is 0 Å². The second-order valence-electron chi connectivity index (χ2n) is 7.20. The lowest BCUT2D eigenvalue weighted by molar-refractivity contribution is -0.138. The van der Waals surface area contributed by atoms with E-state index in [9.17, 15) is 18.0 Å². The zero-order valence-electron chi connectivity index (χ0n) is 16.3. The Morgan fingerprint density at radius 2 is 2.00 bits per heavy atom. The number of fused-ring (bicyclic) bond motifs is 1. The van der Waals surface area contributed by atoms with Crippen LogP contribution in [0.15, 0.2) is 42.5 Å². The third kappa shape index (κ3) is 4.06. The first-order valence-electron chi connectivity index (χ1n) is 9.52. The van der Waals surface area contributed by atoms with Gasteiger partial charge in [0, 0.05) is 12.2 Å². The maximum absolute atomic E-state index is 13.2. The SMILES string of the molecule is Cc1c(C(=O)Nc2ccc3c(c2)CCNC3)nnn1Cc1ccccc1C(F)(F)F. The molecule has 1 aliphatic heterocycles. The Bertz CT molecular complexity index is 1090. The van der Waals surface area contributed by atoms with E-state index in [0.717, 1.165) is 25.6 Å². The standard InChI is InChI=1S/C21H20F3N5O/c1-13-19(20(30)26-17-7-6-15-11-25-9-8-14(15)10-17)27-28-29(13)12-16-4-2-3-5-18(16)21(22,23)24/h2-7,10,25H,8-9,11-12H2,1H3,(H,26,30). The number of amides is 1. The highest BCUT2D eigenvalue weighted by atomic mass is 19.4. The van der Waals surface area contributed by atoms with Crippen molar-refractivity contribution >= 4 is 11.6 Å². The Kier molecular flexibility index (Phi) is 5.29. The van der Waals surface area contributed by atoms with Crippen LogP contribution in [0.3, 0.4) is 0 Å². The van der Waals surface area contributed by atoms with Gasteiger partial charge in [0.15, 0.2) is 5.69 Å². The number of benzene rings is 2. The third-order valence-corrected chi connectivity index (χ3v) is 5.19. The van der Waals surface area contributed by atoms with E-state index in [1.165, 1.54) is 34.0 Å². The number of nitrogens with one attached hydrogen (secondary N) is 2. The molecule has 4 rings (SSSR count). The molecule has 1 amide bonds. The third-order valence-electron chi connectivity index (χ3n) is 5.19. The number of nitrogens with zero attached hydrogens (tertiary/aromatic N) is 3. The summed E-state index contributed by atoms with van der Waals surface area (Å²) >= 11 is 0. The monoisotopic (exact) mass is 415 g/mol. The number of hydrogen-bond donors (Lipinski definition) is 2. The number of aromatic nitrogens is 3. The van der Waals surface area contributed by atoms with Crippen molar-refractivity contribution in [1.29, 1.82) is 0 Å². The van der Waals surface area contributed by atoms with Crippen LogP contribution in [-0.2, 0) is 25.7 Å². The largest absolute Gasteiger partial charge is 0.416 e. The van der Waals surface area contributed by atoms with E-state index in [2.05, 4.69) is 20.9 Å². The van der Waals surface area contributed by atoms with Gasteiger partial charge in [0.2, 0.25) is 0 Å². The van der Waals surface area contributed by atoms with Crippen LogP contribution in [0.4, 0.5) is 18.9 Å². The molecule has 1 aliphatic rings. The van der Waals surface area contributed by atoms with Crippen LogP contribution >= 0.6 is 0 Å². The van der Waals surface area contributed by atoms with Crippen LogP contribution in [0.25, 0.3) is 0 Å². The lowest BCUT2D eigenvalue weighted by Gasteiger charge is -2.18. The Balaban J connectivity index is 1.53. The lowest BCUT2D eigenvalue weighted by atomic mass is 10.0. The van der Waals surface area contributed by atoms with Gasteiger partial charge in [-0.2, -0.15) is 13.2 Å². The minimum atomic E-state index is -4.47. The van der Waals surface area contributed by atoms with Crippen LogP contribution in [0.1, 0.15) is 38.4 Å². The van der Waals surface area contributed by atoms with Crippen molar-refractivity contribution in [2.24, 2.45) is 0 Å². The summed E-state index contributed by atoms with van der Waals surface area (Å²) in [5, 5.41) is 13.9. The maximum atomic E-state index is 13.2. The average molecular weight is 415 g/mol. The molecule has 1 aromatic heterocycles. The molecule has 3 aromatic rings. The van der Waals surface area contributed by atoms with E-state index < -0.39 is 17.6 Å². The molecule has 0 atom stereocenters. The Labute approximate surface area is 171 Å². The molecule has 2 N–H and O–H groups in total. The number of rotatable bonds is 4. The van der Waals surface area contributed by atoms with Crippen molar-refractivity contribution in [2.45, 2.75) is 32.6 Å². The molecular formula is C21H20F3N5O. The molecule has 0 unspecified atom stereocenters. The summed E-state index contributed by atoms with van der Waals surface area (Å²) in [7, 11) is 0. The number of hydrogen-bond acceptors (Lipinski definition) is 4. The molecule has 0 saturated heterocycles. The molecule has 0 radical (unpaired) electrons. The predicted molar refractivity (Wildman–Crippen MR) is 105 cm³/mol.